The standard InChI is InChI=1S/C21H25F2N5O/c1-15-13-19(25-21(24-15)28-7-3-2-4-8-28)26-9-11-27(12-10-26)20(29)17-6-5-16(22)14-18(17)23/h5-6,13-14H,2-4,7-12H2,1H3. The Bertz CT molecular complexity index is 893. The average molecular weight is 401 g/mol. The molecule has 2 aromatic rings. The summed E-state index contributed by atoms with van der Waals surface area (Å²) in [5.74, 6) is -0.290. The van der Waals surface area contributed by atoms with Gasteiger partial charge in [-0.3, -0.25) is 4.79 Å². The number of rotatable bonds is 3. The van der Waals surface area contributed by atoms with E-state index in [2.05, 4.69) is 14.8 Å². The van der Waals surface area contributed by atoms with E-state index in [4.69, 9.17) is 4.98 Å². The summed E-state index contributed by atoms with van der Waals surface area (Å²) in [5.41, 5.74) is 0.826. The van der Waals surface area contributed by atoms with Crippen LogP contribution in [0.2, 0.25) is 0 Å². The number of aromatic nitrogens is 2. The molecule has 0 N–H and O–H groups in total. The zero-order valence-corrected chi connectivity index (χ0v) is 16.6. The van der Waals surface area contributed by atoms with E-state index in [0.717, 1.165) is 55.5 Å². The summed E-state index contributed by atoms with van der Waals surface area (Å²) in [4.78, 5) is 27.9. The molecule has 2 saturated heterocycles. The number of carbonyl (C=O) groups excluding carboxylic acids is 1. The van der Waals surface area contributed by atoms with E-state index in [9.17, 15) is 13.6 Å². The van der Waals surface area contributed by atoms with Gasteiger partial charge in [-0.1, -0.05) is 0 Å². The van der Waals surface area contributed by atoms with Crippen molar-refractivity contribution in [3.05, 3.63) is 47.2 Å². The van der Waals surface area contributed by atoms with E-state index in [0.29, 0.717) is 26.2 Å². The maximum absolute atomic E-state index is 13.9. The van der Waals surface area contributed by atoms with Gasteiger partial charge in [-0.25, -0.2) is 13.8 Å². The van der Waals surface area contributed by atoms with Crippen LogP contribution in [0.3, 0.4) is 0 Å². The maximum Gasteiger partial charge on any atom is 0.256 e. The quantitative estimate of drug-likeness (QED) is 0.791. The third-order valence-electron chi connectivity index (χ3n) is 5.52. The Morgan fingerprint density at radius 1 is 0.897 bits per heavy atom. The lowest BCUT2D eigenvalue weighted by molar-refractivity contribution is 0.0741. The maximum atomic E-state index is 13.9. The van der Waals surface area contributed by atoms with Gasteiger partial charge in [-0.2, -0.15) is 4.98 Å². The van der Waals surface area contributed by atoms with E-state index in [1.807, 2.05) is 13.0 Å². The Morgan fingerprint density at radius 3 is 2.31 bits per heavy atom. The van der Waals surface area contributed by atoms with Crippen molar-refractivity contribution in [2.75, 3.05) is 49.1 Å². The zero-order valence-electron chi connectivity index (χ0n) is 16.6. The van der Waals surface area contributed by atoms with Gasteiger partial charge in [0.15, 0.2) is 0 Å². The van der Waals surface area contributed by atoms with Crippen LogP contribution in [0.1, 0.15) is 35.3 Å². The minimum atomic E-state index is -0.824. The minimum absolute atomic E-state index is 0.0925. The zero-order chi connectivity index (χ0) is 20.4. The Kier molecular flexibility index (Phi) is 5.60. The van der Waals surface area contributed by atoms with Gasteiger partial charge in [0.25, 0.3) is 5.91 Å². The molecule has 2 fully saturated rings. The monoisotopic (exact) mass is 401 g/mol. The largest absolute Gasteiger partial charge is 0.353 e. The van der Waals surface area contributed by atoms with Crippen LogP contribution in [-0.4, -0.2) is 60.0 Å². The van der Waals surface area contributed by atoms with Gasteiger partial charge in [0, 0.05) is 57.1 Å². The number of halogens is 2. The second kappa shape index (κ2) is 8.31. The summed E-state index contributed by atoms with van der Waals surface area (Å²) in [6.45, 7) is 6.04. The van der Waals surface area contributed by atoms with Crippen LogP contribution in [-0.2, 0) is 0 Å². The molecule has 4 rings (SSSR count). The Morgan fingerprint density at radius 2 is 1.62 bits per heavy atom. The fourth-order valence-electron chi connectivity index (χ4n) is 3.91. The summed E-state index contributed by atoms with van der Waals surface area (Å²) >= 11 is 0. The van der Waals surface area contributed by atoms with E-state index in [1.165, 1.54) is 12.5 Å². The molecule has 2 aliphatic heterocycles. The molecule has 1 amide bonds. The Balaban J connectivity index is 1.44. The van der Waals surface area contributed by atoms with Crippen molar-refractivity contribution in [3.63, 3.8) is 0 Å². The summed E-state index contributed by atoms with van der Waals surface area (Å²) < 4.78 is 27.0. The van der Waals surface area contributed by atoms with Crippen molar-refractivity contribution >= 4 is 17.7 Å². The molecule has 6 nitrogen and oxygen atoms in total. The molecule has 0 spiro atoms. The molecule has 29 heavy (non-hydrogen) atoms. The van der Waals surface area contributed by atoms with Gasteiger partial charge in [-0.05, 0) is 38.3 Å². The summed E-state index contributed by atoms with van der Waals surface area (Å²) in [6.07, 6.45) is 3.57. The van der Waals surface area contributed by atoms with Gasteiger partial charge in [-0.15, -0.1) is 0 Å². The van der Waals surface area contributed by atoms with E-state index >= 15 is 0 Å². The number of amides is 1. The smallest absolute Gasteiger partial charge is 0.256 e. The molecule has 0 aliphatic carbocycles. The van der Waals surface area contributed by atoms with Crippen molar-refractivity contribution in [1.82, 2.24) is 14.9 Å². The summed E-state index contributed by atoms with van der Waals surface area (Å²) in [7, 11) is 0. The number of anilines is 2. The molecule has 0 radical (unpaired) electrons. The topological polar surface area (TPSA) is 52.6 Å². The number of hydrogen-bond acceptors (Lipinski definition) is 5. The first-order valence-electron chi connectivity index (χ1n) is 10.1. The summed E-state index contributed by atoms with van der Waals surface area (Å²) in [6, 6.07) is 5.02. The predicted octanol–water partition coefficient (Wildman–Crippen LogP) is 3.02. The highest BCUT2D eigenvalue weighted by Crippen LogP contribution is 2.22. The minimum Gasteiger partial charge on any atom is -0.353 e. The third kappa shape index (κ3) is 4.31. The summed E-state index contributed by atoms with van der Waals surface area (Å²) in [5, 5.41) is 0. The average Bonchev–Trinajstić information content (AvgIpc) is 2.74. The lowest BCUT2D eigenvalue weighted by Crippen LogP contribution is -2.49. The van der Waals surface area contributed by atoms with Crippen LogP contribution in [0.4, 0.5) is 20.5 Å². The molecule has 0 bridgehead atoms. The number of piperazine rings is 1. The molecular weight excluding hydrogens is 376 g/mol. The normalized spacial score (nSPS) is 17.6. The number of nitrogens with zero attached hydrogens (tertiary/aromatic N) is 5. The van der Waals surface area contributed by atoms with Crippen LogP contribution >= 0.6 is 0 Å². The van der Waals surface area contributed by atoms with Crippen LogP contribution in [0.15, 0.2) is 24.3 Å². The Hall–Kier alpha value is -2.77. The number of hydrogen-bond donors (Lipinski definition) is 0. The molecule has 2 aliphatic rings. The van der Waals surface area contributed by atoms with Crippen molar-refractivity contribution in [2.45, 2.75) is 26.2 Å². The highest BCUT2D eigenvalue weighted by Gasteiger charge is 2.26. The molecule has 0 unspecified atom stereocenters. The second-order valence-electron chi connectivity index (χ2n) is 7.62. The van der Waals surface area contributed by atoms with Gasteiger partial charge in [0.2, 0.25) is 5.95 Å². The fourth-order valence-corrected chi connectivity index (χ4v) is 3.91. The Labute approximate surface area is 169 Å². The molecule has 154 valence electrons. The molecule has 0 atom stereocenters. The molecule has 3 heterocycles. The lowest BCUT2D eigenvalue weighted by atomic mass is 10.1. The van der Waals surface area contributed by atoms with Gasteiger partial charge in [0.05, 0.1) is 5.56 Å². The number of carbonyl (C=O) groups is 1. The van der Waals surface area contributed by atoms with Crippen LogP contribution in [0.25, 0.3) is 0 Å². The fraction of sp³-hybridized carbons (Fsp3) is 0.476. The first-order valence-corrected chi connectivity index (χ1v) is 10.1. The highest BCUT2D eigenvalue weighted by molar-refractivity contribution is 5.94. The molecule has 0 saturated carbocycles. The predicted molar refractivity (Wildman–Crippen MR) is 107 cm³/mol. The first-order chi connectivity index (χ1) is 14.0. The molecule has 8 heteroatoms. The number of benzene rings is 1. The van der Waals surface area contributed by atoms with E-state index < -0.39 is 17.5 Å². The van der Waals surface area contributed by atoms with Crippen LogP contribution in [0.5, 0.6) is 0 Å². The van der Waals surface area contributed by atoms with Crippen molar-refractivity contribution in [3.8, 4) is 0 Å². The van der Waals surface area contributed by atoms with Gasteiger partial charge in [0.1, 0.15) is 17.5 Å². The first kappa shape index (κ1) is 19.5. The molecular formula is C21H25F2N5O. The highest BCUT2D eigenvalue weighted by atomic mass is 19.1. The van der Waals surface area contributed by atoms with Crippen LogP contribution in [0, 0.1) is 18.6 Å². The third-order valence-corrected chi connectivity index (χ3v) is 5.52. The number of aryl methyl sites for hydroxylation is 1. The van der Waals surface area contributed by atoms with Crippen molar-refractivity contribution in [2.24, 2.45) is 0 Å². The van der Waals surface area contributed by atoms with Gasteiger partial charge >= 0.3 is 0 Å². The SMILES string of the molecule is Cc1cc(N2CCN(C(=O)c3ccc(F)cc3F)CC2)nc(N2CCCCC2)n1. The second-order valence-corrected chi connectivity index (χ2v) is 7.62. The van der Waals surface area contributed by atoms with Crippen LogP contribution < -0.4 is 9.80 Å². The van der Waals surface area contributed by atoms with Crippen molar-refractivity contribution in [1.29, 1.82) is 0 Å². The van der Waals surface area contributed by atoms with E-state index in [1.54, 1.807) is 4.90 Å². The van der Waals surface area contributed by atoms with Gasteiger partial charge < -0.3 is 14.7 Å². The molecule has 1 aromatic carbocycles. The number of piperidine rings is 1. The van der Waals surface area contributed by atoms with E-state index in [-0.39, 0.29) is 5.56 Å². The molecule has 1 aromatic heterocycles. The lowest BCUT2D eigenvalue weighted by Gasteiger charge is -2.36. The van der Waals surface area contributed by atoms with Crippen molar-refractivity contribution < 1.29 is 13.6 Å².